The summed E-state index contributed by atoms with van der Waals surface area (Å²) in [5.41, 5.74) is 4.12. The summed E-state index contributed by atoms with van der Waals surface area (Å²) in [5.74, 6) is 0.0727. The molecule has 0 unspecified atom stereocenters. The zero-order chi connectivity index (χ0) is 26.3. The molecular formula is C31H38N4O2. The van der Waals surface area contributed by atoms with E-state index in [1.165, 1.54) is 17.4 Å². The molecule has 0 spiro atoms. The molecule has 0 saturated carbocycles. The van der Waals surface area contributed by atoms with Crippen molar-refractivity contribution in [3.05, 3.63) is 89.2 Å². The fraction of sp³-hybridized carbons (Fsp3) is 0.387. The first-order valence-electron chi connectivity index (χ1n) is 13.3. The lowest BCUT2D eigenvalue weighted by molar-refractivity contribution is -0.131. The molecule has 0 aromatic heterocycles. The molecule has 1 aliphatic heterocycles. The summed E-state index contributed by atoms with van der Waals surface area (Å²) < 4.78 is 0. The van der Waals surface area contributed by atoms with E-state index in [0.29, 0.717) is 31.5 Å². The molecule has 1 aromatic rings. The van der Waals surface area contributed by atoms with Crippen molar-refractivity contribution in [1.29, 1.82) is 5.41 Å². The van der Waals surface area contributed by atoms with Crippen LogP contribution in [0.3, 0.4) is 0 Å². The Morgan fingerprint density at radius 1 is 1.00 bits per heavy atom. The smallest absolute Gasteiger partial charge is 0.253 e. The van der Waals surface area contributed by atoms with E-state index < -0.39 is 5.41 Å². The van der Waals surface area contributed by atoms with Crippen LogP contribution in [-0.4, -0.2) is 49.1 Å². The van der Waals surface area contributed by atoms with E-state index in [-0.39, 0.29) is 17.9 Å². The van der Waals surface area contributed by atoms with Crippen molar-refractivity contribution in [2.24, 2.45) is 5.41 Å². The molecule has 3 aliphatic rings. The number of piperidine rings is 1. The van der Waals surface area contributed by atoms with Gasteiger partial charge in [-0.1, -0.05) is 54.2 Å². The summed E-state index contributed by atoms with van der Waals surface area (Å²) in [6.45, 7) is 3.16. The van der Waals surface area contributed by atoms with Crippen molar-refractivity contribution in [2.45, 2.75) is 51.5 Å². The monoisotopic (exact) mass is 498 g/mol. The zero-order valence-corrected chi connectivity index (χ0v) is 21.9. The van der Waals surface area contributed by atoms with E-state index in [0.717, 1.165) is 36.8 Å². The highest BCUT2D eigenvalue weighted by Gasteiger charge is 2.45. The van der Waals surface area contributed by atoms with E-state index in [1.807, 2.05) is 29.2 Å². The Balaban J connectivity index is 1.48. The van der Waals surface area contributed by atoms with Crippen LogP contribution in [0.2, 0.25) is 0 Å². The fourth-order valence-corrected chi connectivity index (χ4v) is 5.55. The van der Waals surface area contributed by atoms with Crippen LogP contribution < -0.4 is 10.6 Å². The first-order chi connectivity index (χ1) is 18.0. The van der Waals surface area contributed by atoms with E-state index in [4.69, 9.17) is 5.41 Å². The Kier molecular flexibility index (Phi) is 8.59. The van der Waals surface area contributed by atoms with Gasteiger partial charge in [0.1, 0.15) is 0 Å². The molecule has 0 bridgehead atoms. The third kappa shape index (κ3) is 5.85. The fourth-order valence-electron chi connectivity index (χ4n) is 5.55. The second-order valence-electron chi connectivity index (χ2n) is 10.0. The van der Waals surface area contributed by atoms with Crippen LogP contribution in [0.4, 0.5) is 0 Å². The lowest BCUT2D eigenvalue weighted by atomic mass is 9.69. The van der Waals surface area contributed by atoms with E-state index in [9.17, 15) is 9.59 Å². The molecule has 1 heterocycles. The molecule has 6 nitrogen and oxygen atoms in total. The maximum Gasteiger partial charge on any atom is 0.253 e. The second-order valence-corrected chi connectivity index (χ2v) is 10.0. The first-order valence-corrected chi connectivity index (χ1v) is 13.3. The number of hydrogen-bond acceptors (Lipinski definition) is 4. The topological polar surface area (TPSA) is 85.3 Å². The minimum Gasteiger partial charge on any atom is -0.393 e. The molecule has 3 N–H and O–H groups in total. The quantitative estimate of drug-likeness (QED) is 0.432. The third-order valence-corrected chi connectivity index (χ3v) is 7.84. The van der Waals surface area contributed by atoms with Crippen LogP contribution in [0.25, 0.3) is 5.57 Å². The summed E-state index contributed by atoms with van der Waals surface area (Å²) in [4.78, 5) is 29.1. The number of nitrogens with one attached hydrogen (secondary N) is 3. The molecular weight excluding hydrogens is 460 g/mol. The van der Waals surface area contributed by atoms with Gasteiger partial charge < -0.3 is 20.9 Å². The maximum absolute atomic E-state index is 13.8. The van der Waals surface area contributed by atoms with Gasteiger partial charge in [-0.3, -0.25) is 9.59 Å². The summed E-state index contributed by atoms with van der Waals surface area (Å²) in [6.07, 6.45) is 20.8. The second kappa shape index (κ2) is 12.0. The van der Waals surface area contributed by atoms with Crippen LogP contribution in [0.15, 0.2) is 78.1 Å². The standard InChI is InChI=1S/C31H38N4O2/c1-23(24-9-5-3-6-10-24)34-30(37)31(28-11-7-4-8-12-28)17-19-35(20-18-31)29(36)26-15-13-25(14-16-26)27(21-32)22-33-2/h3-5,7,9,11,13-16,21-23,32-33H,6,8,10,12,17-20H2,1-2H3,(H,34,37)/b27-22+,32-21?/t23-/m0/s1. The Bertz CT molecular complexity index is 1160. The van der Waals surface area contributed by atoms with Crippen LogP contribution in [0, 0.1) is 10.8 Å². The predicted molar refractivity (Wildman–Crippen MR) is 150 cm³/mol. The molecule has 2 aliphatic carbocycles. The van der Waals surface area contributed by atoms with Gasteiger partial charge in [-0.15, -0.1) is 0 Å². The Morgan fingerprint density at radius 3 is 2.22 bits per heavy atom. The molecule has 194 valence electrons. The van der Waals surface area contributed by atoms with Gasteiger partial charge in [-0.05, 0) is 68.7 Å². The third-order valence-electron chi connectivity index (χ3n) is 7.84. The zero-order valence-electron chi connectivity index (χ0n) is 21.9. The van der Waals surface area contributed by atoms with E-state index in [2.05, 4.69) is 54.0 Å². The van der Waals surface area contributed by atoms with Gasteiger partial charge in [0.15, 0.2) is 0 Å². The molecule has 6 heteroatoms. The van der Waals surface area contributed by atoms with E-state index >= 15 is 0 Å². The van der Waals surface area contributed by atoms with Crippen LogP contribution in [-0.2, 0) is 4.79 Å². The summed E-state index contributed by atoms with van der Waals surface area (Å²) in [5, 5.41) is 13.9. The van der Waals surface area contributed by atoms with Gasteiger partial charge in [0.2, 0.25) is 5.91 Å². The highest BCUT2D eigenvalue weighted by atomic mass is 16.2. The largest absolute Gasteiger partial charge is 0.393 e. The number of hydrogen-bond donors (Lipinski definition) is 3. The maximum atomic E-state index is 13.8. The number of nitrogens with zero attached hydrogens (tertiary/aromatic N) is 1. The molecule has 1 saturated heterocycles. The number of benzene rings is 1. The molecule has 1 aromatic carbocycles. The van der Waals surface area contributed by atoms with Gasteiger partial charge in [-0.2, -0.15) is 0 Å². The van der Waals surface area contributed by atoms with Crippen LogP contribution in [0.1, 0.15) is 61.4 Å². The van der Waals surface area contributed by atoms with Crippen LogP contribution >= 0.6 is 0 Å². The summed E-state index contributed by atoms with van der Waals surface area (Å²) >= 11 is 0. The van der Waals surface area contributed by atoms with Gasteiger partial charge in [0.25, 0.3) is 5.91 Å². The van der Waals surface area contributed by atoms with Crippen molar-refractivity contribution >= 4 is 23.6 Å². The normalized spacial score (nSPS) is 19.9. The van der Waals surface area contributed by atoms with Crippen molar-refractivity contribution in [2.75, 3.05) is 20.1 Å². The highest BCUT2D eigenvalue weighted by molar-refractivity contribution is 6.08. The SMILES string of the molecule is CN/C=C(\C=N)c1ccc(C(=O)N2CCC(C(=O)N[C@@H](C)C3=CC=CCC3)(C3=CC=CCC3)CC2)cc1. The van der Waals surface area contributed by atoms with Crippen LogP contribution in [0.5, 0.6) is 0 Å². The number of rotatable bonds is 8. The molecule has 4 rings (SSSR count). The minimum atomic E-state index is -0.582. The first kappa shape index (κ1) is 26.4. The average molecular weight is 499 g/mol. The molecule has 2 amide bonds. The number of carbonyl (C=O) groups is 2. The van der Waals surface area contributed by atoms with Crippen molar-refractivity contribution in [3.63, 3.8) is 0 Å². The predicted octanol–water partition coefficient (Wildman–Crippen LogP) is 5.18. The van der Waals surface area contributed by atoms with Crippen molar-refractivity contribution < 1.29 is 9.59 Å². The number of allylic oxidation sites excluding steroid dienone is 7. The van der Waals surface area contributed by atoms with Gasteiger partial charge in [0.05, 0.1) is 5.41 Å². The average Bonchev–Trinajstić information content (AvgIpc) is 2.96. The Hall–Kier alpha value is -3.67. The minimum absolute atomic E-state index is 0.00458. The number of carbonyl (C=O) groups excluding carboxylic acids is 2. The number of likely N-dealkylation sites (tertiary alicyclic amines) is 1. The number of amides is 2. The Morgan fingerprint density at radius 2 is 1.65 bits per heavy atom. The van der Waals surface area contributed by atoms with Crippen molar-refractivity contribution in [1.82, 2.24) is 15.5 Å². The van der Waals surface area contributed by atoms with Crippen molar-refractivity contribution in [3.8, 4) is 0 Å². The molecule has 1 atom stereocenters. The van der Waals surface area contributed by atoms with Gasteiger partial charge >= 0.3 is 0 Å². The summed E-state index contributed by atoms with van der Waals surface area (Å²) in [7, 11) is 1.79. The summed E-state index contributed by atoms with van der Waals surface area (Å²) in [6, 6.07) is 7.39. The highest BCUT2D eigenvalue weighted by Crippen LogP contribution is 2.43. The molecule has 0 radical (unpaired) electrons. The lowest BCUT2D eigenvalue weighted by Crippen LogP contribution is -2.53. The lowest BCUT2D eigenvalue weighted by Gasteiger charge is -2.43. The van der Waals surface area contributed by atoms with Gasteiger partial charge in [-0.25, -0.2) is 0 Å². The van der Waals surface area contributed by atoms with E-state index in [1.54, 1.807) is 13.2 Å². The van der Waals surface area contributed by atoms with Gasteiger partial charge in [0, 0.05) is 49.7 Å². The molecule has 37 heavy (non-hydrogen) atoms. The molecule has 1 fully saturated rings. The Labute approximate surface area is 220 Å².